The number of nitro groups is 1. The molecule has 1 aliphatic rings. The number of hydrogen-bond acceptors (Lipinski definition) is 7. The number of nitrogens with zero attached hydrogens (tertiary/aromatic N) is 2. The van der Waals surface area contributed by atoms with Crippen molar-refractivity contribution in [2.75, 3.05) is 25.0 Å². The Kier molecular flexibility index (Phi) is 7.21. The second-order valence-electron chi connectivity index (χ2n) is 7.54. The topological polar surface area (TPSA) is 136 Å². The lowest BCUT2D eigenvalue weighted by atomic mass is 10.0. The number of nitrogens with one attached hydrogen (secondary N) is 1. The molecule has 0 spiro atoms. The third-order valence-electron chi connectivity index (χ3n) is 5.17. The molecule has 0 atom stereocenters. The van der Waals surface area contributed by atoms with Crippen molar-refractivity contribution >= 4 is 33.3 Å². The van der Waals surface area contributed by atoms with Crippen LogP contribution in [0.5, 0.6) is 0 Å². The largest absolute Gasteiger partial charge is 0.452 e. The predicted octanol–water partition coefficient (Wildman–Crippen LogP) is 2.81. The van der Waals surface area contributed by atoms with Gasteiger partial charge in [-0.15, -0.1) is 0 Å². The van der Waals surface area contributed by atoms with Gasteiger partial charge in [0, 0.05) is 30.9 Å². The molecule has 0 bridgehead atoms. The van der Waals surface area contributed by atoms with E-state index >= 15 is 0 Å². The molecule has 0 aromatic heterocycles. The number of non-ortho nitro benzene ring substituents is 1. The SMILES string of the molecule is CC1CCN(S(=O)(=O)c2ccc(C(=O)OCC(=O)Nc3ccc([N+](=O)[O-])cc3)cc2)CC1. The van der Waals surface area contributed by atoms with Crippen LogP contribution in [0.1, 0.15) is 30.1 Å². The van der Waals surface area contributed by atoms with Gasteiger partial charge in [-0.1, -0.05) is 6.92 Å². The van der Waals surface area contributed by atoms with Crippen LogP contribution in [0.15, 0.2) is 53.4 Å². The number of benzene rings is 2. The molecule has 2 aromatic rings. The first-order valence-electron chi connectivity index (χ1n) is 9.98. The summed E-state index contributed by atoms with van der Waals surface area (Å²) in [6.45, 7) is 2.46. The van der Waals surface area contributed by atoms with Crippen LogP contribution >= 0.6 is 0 Å². The molecular formula is C21H23N3O7S. The molecule has 1 N–H and O–H groups in total. The van der Waals surface area contributed by atoms with Crippen molar-refractivity contribution in [3.8, 4) is 0 Å². The minimum Gasteiger partial charge on any atom is -0.452 e. The van der Waals surface area contributed by atoms with E-state index in [-0.39, 0.29) is 16.1 Å². The number of carbonyl (C=O) groups is 2. The highest BCUT2D eigenvalue weighted by molar-refractivity contribution is 7.89. The van der Waals surface area contributed by atoms with Crippen molar-refractivity contribution < 1.29 is 27.7 Å². The van der Waals surface area contributed by atoms with Gasteiger partial charge in [-0.25, -0.2) is 13.2 Å². The van der Waals surface area contributed by atoms with E-state index < -0.39 is 33.4 Å². The van der Waals surface area contributed by atoms with E-state index in [1.54, 1.807) is 0 Å². The van der Waals surface area contributed by atoms with Gasteiger partial charge in [0.05, 0.1) is 15.4 Å². The second kappa shape index (κ2) is 9.88. The van der Waals surface area contributed by atoms with E-state index in [9.17, 15) is 28.1 Å². The Morgan fingerprint density at radius 1 is 1.09 bits per heavy atom. The van der Waals surface area contributed by atoms with Crippen molar-refractivity contribution in [1.82, 2.24) is 4.31 Å². The summed E-state index contributed by atoms with van der Waals surface area (Å²) < 4.78 is 31.9. The first-order chi connectivity index (χ1) is 15.2. The molecule has 10 nitrogen and oxygen atoms in total. The standard InChI is InChI=1S/C21H23N3O7S/c1-15-10-12-23(13-11-15)32(29,30)19-8-2-16(3-9-19)21(26)31-14-20(25)22-17-4-6-18(7-5-17)24(27)28/h2-9,15H,10-14H2,1H3,(H,22,25). The van der Waals surface area contributed by atoms with Crippen LogP contribution in [0.2, 0.25) is 0 Å². The lowest BCUT2D eigenvalue weighted by Gasteiger charge is -2.29. The van der Waals surface area contributed by atoms with Crippen molar-refractivity contribution in [1.29, 1.82) is 0 Å². The van der Waals surface area contributed by atoms with Gasteiger partial charge in [0.2, 0.25) is 10.0 Å². The molecule has 2 aromatic carbocycles. The maximum Gasteiger partial charge on any atom is 0.338 e. The van der Waals surface area contributed by atoms with E-state index in [4.69, 9.17) is 4.74 Å². The normalized spacial score (nSPS) is 15.2. The number of rotatable bonds is 7. The summed E-state index contributed by atoms with van der Waals surface area (Å²) in [5, 5.41) is 13.1. The summed E-state index contributed by atoms with van der Waals surface area (Å²) in [6.07, 6.45) is 1.62. The summed E-state index contributed by atoms with van der Waals surface area (Å²) in [5.74, 6) is -0.901. The summed E-state index contributed by atoms with van der Waals surface area (Å²) in [6, 6.07) is 10.6. The maximum atomic E-state index is 12.7. The molecule has 1 saturated heterocycles. The van der Waals surface area contributed by atoms with Crippen molar-refractivity contribution in [3.63, 3.8) is 0 Å². The van der Waals surface area contributed by atoms with Crippen LogP contribution in [0.3, 0.4) is 0 Å². The molecule has 32 heavy (non-hydrogen) atoms. The molecule has 0 aliphatic carbocycles. The van der Waals surface area contributed by atoms with E-state index in [1.165, 1.54) is 52.8 Å². The number of anilines is 1. The predicted molar refractivity (Wildman–Crippen MR) is 116 cm³/mol. The summed E-state index contributed by atoms with van der Waals surface area (Å²) in [5.41, 5.74) is 0.312. The molecule has 170 valence electrons. The molecule has 1 heterocycles. The third-order valence-corrected chi connectivity index (χ3v) is 7.08. The molecule has 1 amide bonds. The number of ether oxygens (including phenoxy) is 1. The Morgan fingerprint density at radius 3 is 2.25 bits per heavy atom. The Bertz CT molecular complexity index is 1090. The number of carbonyl (C=O) groups excluding carboxylic acids is 2. The van der Waals surface area contributed by atoms with Gasteiger partial charge >= 0.3 is 5.97 Å². The molecule has 1 aliphatic heterocycles. The van der Waals surface area contributed by atoms with Gasteiger partial charge in [-0.2, -0.15) is 4.31 Å². The highest BCUT2D eigenvalue weighted by Crippen LogP contribution is 2.23. The van der Waals surface area contributed by atoms with Crippen LogP contribution < -0.4 is 5.32 Å². The van der Waals surface area contributed by atoms with Gasteiger partial charge in [0.1, 0.15) is 0 Å². The fraction of sp³-hybridized carbons (Fsp3) is 0.333. The van der Waals surface area contributed by atoms with Crippen LogP contribution in [0, 0.1) is 16.0 Å². The first-order valence-corrected chi connectivity index (χ1v) is 11.4. The molecule has 11 heteroatoms. The number of sulfonamides is 1. The lowest BCUT2D eigenvalue weighted by molar-refractivity contribution is -0.384. The number of hydrogen-bond donors (Lipinski definition) is 1. The zero-order valence-corrected chi connectivity index (χ0v) is 18.2. The highest BCUT2D eigenvalue weighted by Gasteiger charge is 2.28. The van der Waals surface area contributed by atoms with Crippen molar-refractivity contribution in [2.24, 2.45) is 5.92 Å². The van der Waals surface area contributed by atoms with Crippen LogP contribution in [0.4, 0.5) is 11.4 Å². The molecule has 0 unspecified atom stereocenters. The molecule has 3 rings (SSSR count). The fourth-order valence-corrected chi connectivity index (χ4v) is 4.68. The number of esters is 1. The Hall–Kier alpha value is -3.31. The Morgan fingerprint density at radius 2 is 1.69 bits per heavy atom. The number of amides is 1. The second-order valence-corrected chi connectivity index (χ2v) is 9.48. The van der Waals surface area contributed by atoms with E-state index in [0.29, 0.717) is 24.7 Å². The van der Waals surface area contributed by atoms with Crippen LogP contribution in [0.25, 0.3) is 0 Å². The van der Waals surface area contributed by atoms with E-state index in [0.717, 1.165) is 12.8 Å². The maximum absolute atomic E-state index is 12.7. The lowest BCUT2D eigenvalue weighted by Crippen LogP contribution is -2.37. The Balaban J connectivity index is 1.54. The molecule has 0 radical (unpaired) electrons. The van der Waals surface area contributed by atoms with E-state index in [1.807, 2.05) is 0 Å². The average Bonchev–Trinajstić information content (AvgIpc) is 2.78. The molecule has 1 fully saturated rings. The highest BCUT2D eigenvalue weighted by atomic mass is 32.2. The number of nitro benzene ring substituents is 1. The Labute approximate surface area is 185 Å². The molecule has 0 saturated carbocycles. The van der Waals surface area contributed by atoms with Crippen molar-refractivity contribution in [2.45, 2.75) is 24.7 Å². The average molecular weight is 461 g/mol. The van der Waals surface area contributed by atoms with Gasteiger partial charge in [0.15, 0.2) is 6.61 Å². The smallest absolute Gasteiger partial charge is 0.338 e. The zero-order valence-electron chi connectivity index (χ0n) is 17.4. The summed E-state index contributed by atoms with van der Waals surface area (Å²) >= 11 is 0. The first kappa shape index (κ1) is 23.4. The quantitative estimate of drug-likeness (QED) is 0.380. The van der Waals surface area contributed by atoms with E-state index in [2.05, 4.69) is 12.2 Å². The monoisotopic (exact) mass is 461 g/mol. The summed E-state index contributed by atoms with van der Waals surface area (Å²) in [4.78, 5) is 34.3. The minimum absolute atomic E-state index is 0.0968. The van der Waals surface area contributed by atoms with Crippen molar-refractivity contribution in [3.05, 3.63) is 64.2 Å². The van der Waals surface area contributed by atoms with Gasteiger partial charge in [0.25, 0.3) is 11.6 Å². The van der Waals surface area contributed by atoms with Gasteiger partial charge in [-0.05, 0) is 55.2 Å². The third kappa shape index (κ3) is 5.68. The fourth-order valence-electron chi connectivity index (χ4n) is 3.22. The minimum atomic E-state index is -3.62. The van der Waals surface area contributed by atoms with Crippen LogP contribution in [-0.2, 0) is 19.6 Å². The van der Waals surface area contributed by atoms with Gasteiger partial charge < -0.3 is 10.1 Å². The van der Waals surface area contributed by atoms with Gasteiger partial charge in [-0.3, -0.25) is 14.9 Å². The zero-order chi connectivity index (χ0) is 23.3. The summed E-state index contributed by atoms with van der Waals surface area (Å²) in [7, 11) is -3.62. The number of piperidine rings is 1. The van der Waals surface area contributed by atoms with Crippen LogP contribution in [-0.4, -0.2) is 49.2 Å². The molecular weight excluding hydrogens is 438 g/mol.